The molecule has 0 aromatic heterocycles. The van der Waals surface area contributed by atoms with Crippen LogP contribution in [0.3, 0.4) is 0 Å². The van der Waals surface area contributed by atoms with E-state index in [4.69, 9.17) is 4.74 Å². The van der Waals surface area contributed by atoms with Crippen LogP contribution >= 0.6 is 0 Å². The number of benzene rings is 2. The molecule has 0 saturated carbocycles. The monoisotopic (exact) mass is 370 g/mol. The first-order valence-corrected chi connectivity index (χ1v) is 9.01. The lowest BCUT2D eigenvalue weighted by atomic mass is 9.98. The van der Waals surface area contributed by atoms with E-state index in [2.05, 4.69) is 5.32 Å². The smallest absolute Gasteiger partial charge is 0.410 e. The van der Waals surface area contributed by atoms with Crippen LogP contribution in [0.25, 0.3) is 0 Å². The first-order valence-electron chi connectivity index (χ1n) is 9.01. The first kappa shape index (κ1) is 18.9. The predicted octanol–water partition coefficient (Wildman–Crippen LogP) is 3.63. The van der Waals surface area contributed by atoms with Gasteiger partial charge in [-0.1, -0.05) is 48.5 Å². The predicted molar refractivity (Wildman–Crippen MR) is 99.2 cm³/mol. The molecule has 3 rings (SSSR count). The standard InChI is InChI=1S/C21H23FN2O3/c1-21(19(25)23-14-17-10-5-6-11-18(17)22)12-7-13-24(21)20(26)27-15-16-8-3-2-4-9-16/h2-6,8-11H,7,12-15H2,1H3,(H,23,25). The number of halogens is 1. The molecule has 142 valence electrons. The van der Waals surface area contributed by atoms with E-state index >= 15 is 0 Å². The van der Waals surface area contributed by atoms with Crippen LogP contribution < -0.4 is 5.32 Å². The van der Waals surface area contributed by atoms with Gasteiger partial charge < -0.3 is 10.1 Å². The van der Waals surface area contributed by atoms with Gasteiger partial charge in [0.05, 0.1) is 0 Å². The molecule has 0 radical (unpaired) electrons. The molecule has 0 aliphatic carbocycles. The summed E-state index contributed by atoms with van der Waals surface area (Å²) in [6.45, 7) is 2.41. The van der Waals surface area contributed by atoms with Gasteiger partial charge in [-0.3, -0.25) is 9.69 Å². The van der Waals surface area contributed by atoms with Crippen LogP contribution in [0, 0.1) is 5.82 Å². The van der Waals surface area contributed by atoms with Crippen molar-refractivity contribution in [2.45, 2.75) is 38.5 Å². The van der Waals surface area contributed by atoms with Crippen molar-refractivity contribution in [1.82, 2.24) is 10.2 Å². The van der Waals surface area contributed by atoms with E-state index < -0.39 is 11.6 Å². The molecular weight excluding hydrogens is 347 g/mol. The second kappa shape index (κ2) is 8.20. The Hall–Kier alpha value is -2.89. The van der Waals surface area contributed by atoms with E-state index in [-0.39, 0.29) is 24.9 Å². The van der Waals surface area contributed by atoms with E-state index in [9.17, 15) is 14.0 Å². The second-order valence-electron chi connectivity index (χ2n) is 6.84. The van der Waals surface area contributed by atoms with Crippen LogP contribution in [0.15, 0.2) is 54.6 Å². The summed E-state index contributed by atoms with van der Waals surface area (Å²) < 4.78 is 19.1. The van der Waals surface area contributed by atoms with E-state index in [1.807, 2.05) is 30.3 Å². The zero-order chi connectivity index (χ0) is 19.3. The Morgan fingerprint density at radius 1 is 1.15 bits per heavy atom. The number of carbonyl (C=O) groups excluding carboxylic acids is 2. The molecule has 1 aliphatic rings. The topological polar surface area (TPSA) is 58.6 Å². The Balaban J connectivity index is 1.61. The van der Waals surface area contributed by atoms with E-state index in [1.165, 1.54) is 11.0 Å². The number of ether oxygens (including phenoxy) is 1. The summed E-state index contributed by atoms with van der Waals surface area (Å²) in [5.41, 5.74) is 0.292. The third-order valence-electron chi connectivity index (χ3n) is 4.95. The first-order chi connectivity index (χ1) is 13.0. The molecule has 5 nitrogen and oxygen atoms in total. The number of nitrogens with one attached hydrogen (secondary N) is 1. The zero-order valence-corrected chi connectivity index (χ0v) is 15.3. The molecule has 2 amide bonds. The van der Waals surface area contributed by atoms with Crippen LogP contribution in [-0.4, -0.2) is 29.0 Å². The van der Waals surface area contributed by atoms with Crippen molar-refractivity contribution in [2.75, 3.05) is 6.54 Å². The normalized spacial score (nSPS) is 19.0. The molecule has 0 spiro atoms. The molecule has 0 bridgehead atoms. The van der Waals surface area contributed by atoms with Gasteiger partial charge in [0.1, 0.15) is 18.0 Å². The number of likely N-dealkylation sites (tertiary alicyclic amines) is 1. The summed E-state index contributed by atoms with van der Waals surface area (Å²) in [6, 6.07) is 15.7. The lowest BCUT2D eigenvalue weighted by Gasteiger charge is -2.33. The summed E-state index contributed by atoms with van der Waals surface area (Å²) in [5, 5.41) is 2.75. The molecule has 1 fully saturated rings. The zero-order valence-electron chi connectivity index (χ0n) is 15.3. The Morgan fingerprint density at radius 2 is 1.85 bits per heavy atom. The van der Waals surface area contributed by atoms with Crippen molar-refractivity contribution in [3.05, 3.63) is 71.5 Å². The number of amides is 2. The van der Waals surface area contributed by atoms with Crippen molar-refractivity contribution in [3.8, 4) is 0 Å². The van der Waals surface area contributed by atoms with E-state index in [0.717, 1.165) is 5.56 Å². The summed E-state index contributed by atoms with van der Waals surface area (Å²) in [5.74, 6) is -0.673. The van der Waals surface area contributed by atoms with Gasteiger partial charge in [-0.05, 0) is 31.4 Å². The molecule has 1 atom stereocenters. The van der Waals surface area contributed by atoms with Crippen molar-refractivity contribution < 1.29 is 18.7 Å². The molecule has 1 aliphatic heterocycles. The number of carbonyl (C=O) groups is 2. The molecular formula is C21H23FN2O3. The fourth-order valence-electron chi connectivity index (χ4n) is 3.30. The summed E-state index contributed by atoms with van der Waals surface area (Å²) in [6.07, 6.45) is 0.737. The average molecular weight is 370 g/mol. The van der Waals surface area contributed by atoms with E-state index in [1.54, 1.807) is 25.1 Å². The number of nitrogens with zero attached hydrogens (tertiary/aromatic N) is 1. The number of hydrogen-bond acceptors (Lipinski definition) is 3. The average Bonchev–Trinajstić information content (AvgIpc) is 3.09. The Bertz CT molecular complexity index is 812. The van der Waals surface area contributed by atoms with Gasteiger partial charge in [0.25, 0.3) is 0 Å². The molecule has 1 heterocycles. The van der Waals surface area contributed by atoms with Crippen molar-refractivity contribution in [1.29, 1.82) is 0 Å². The van der Waals surface area contributed by atoms with Crippen molar-refractivity contribution in [2.24, 2.45) is 0 Å². The van der Waals surface area contributed by atoms with Gasteiger partial charge in [0, 0.05) is 18.7 Å². The van der Waals surface area contributed by atoms with Crippen molar-refractivity contribution in [3.63, 3.8) is 0 Å². The minimum absolute atomic E-state index is 0.0774. The van der Waals surface area contributed by atoms with Crippen LogP contribution in [0.4, 0.5) is 9.18 Å². The van der Waals surface area contributed by atoms with Gasteiger partial charge in [-0.15, -0.1) is 0 Å². The third kappa shape index (κ3) is 4.27. The fraction of sp³-hybridized carbons (Fsp3) is 0.333. The van der Waals surface area contributed by atoms with Crippen LogP contribution in [0.1, 0.15) is 30.9 Å². The van der Waals surface area contributed by atoms with Gasteiger partial charge in [0.2, 0.25) is 5.91 Å². The molecule has 1 saturated heterocycles. The Labute approximate surface area is 158 Å². The molecule has 2 aromatic rings. The lowest BCUT2D eigenvalue weighted by Crippen LogP contribution is -2.55. The summed E-state index contributed by atoms with van der Waals surface area (Å²) >= 11 is 0. The maximum Gasteiger partial charge on any atom is 0.410 e. The Morgan fingerprint density at radius 3 is 2.59 bits per heavy atom. The van der Waals surface area contributed by atoms with Crippen LogP contribution in [0.5, 0.6) is 0 Å². The van der Waals surface area contributed by atoms with Gasteiger partial charge >= 0.3 is 6.09 Å². The van der Waals surface area contributed by atoms with Crippen LogP contribution in [-0.2, 0) is 22.7 Å². The molecule has 2 aromatic carbocycles. The summed E-state index contributed by atoms with van der Waals surface area (Å²) in [7, 11) is 0. The Kier molecular flexibility index (Phi) is 5.74. The number of rotatable bonds is 5. The molecule has 6 heteroatoms. The quantitative estimate of drug-likeness (QED) is 0.874. The minimum Gasteiger partial charge on any atom is -0.445 e. The highest BCUT2D eigenvalue weighted by Crippen LogP contribution is 2.30. The largest absolute Gasteiger partial charge is 0.445 e. The summed E-state index contributed by atoms with van der Waals surface area (Å²) in [4.78, 5) is 26.8. The SMILES string of the molecule is CC1(C(=O)NCc2ccccc2F)CCCN1C(=O)OCc1ccccc1. The minimum atomic E-state index is -1.00. The van der Waals surface area contributed by atoms with Gasteiger partial charge in [-0.25, -0.2) is 9.18 Å². The highest BCUT2D eigenvalue weighted by Gasteiger charge is 2.46. The molecule has 1 N–H and O–H groups in total. The third-order valence-corrected chi connectivity index (χ3v) is 4.95. The molecule has 1 unspecified atom stereocenters. The fourth-order valence-corrected chi connectivity index (χ4v) is 3.30. The highest BCUT2D eigenvalue weighted by molar-refractivity contribution is 5.90. The van der Waals surface area contributed by atoms with Crippen molar-refractivity contribution >= 4 is 12.0 Å². The van der Waals surface area contributed by atoms with Gasteiger partial charge in [-0.2, -0.15) is 0 Å². The number of hydrogen-bond donors (Lipinski definition) is 1. The second-order valence-corrected chi connectivity index (χ2v) is 6.84. The lowest BCUT2D eigenvalue weighted by molar-refractivity contribution is -0.130. The maximum absolute atomic E-state index is 13.7. The van der Waals surface area contributed by atoms with Gasteiger partial charge in [0.15, 0.2) is 0 Å². The highest BCUT2D eigenvalue weighted by atomic mass is 19.1. The van der Waals surface area contributed by atoms with E-state index in [0.29, 0.717) is 24.9 Å². The van der Waals surface area contributed by atoms with Crippen LogP contribution in [0.2, 0.25) is 0 Å². The maximum atomic E-state index is 13.7. The molecule has 27 heavy (non-hydrogen) atoms.